The van der Waals surface area contributed by atoms with E-state index in [2.05, 4.69) is 10.6 Å². The molecule has 0 bridgehead atoms. The summed E-state index contributed by atoms with van der Waals surface area (Å²) in [5.74, 6) is -0.378. The molecule has 1 aromatic carbocycles. The molecule has 3 N–H and O–H groups in total. The van der Waals surface area contributed by atoms with Crippen molar-refractivity contribution in [3.8, 4) is 0 Å². The fourth-order valence-electron chi connectivity index (χ4n) is 1.70. The zero-order valence-electron chi connectivity index (χ0n) is 10.9. The van der Waals surface area contributed by atoms with Crippen molar-refractivity contribution >= 4 is 29.3 Å². The predicted molar refractivity (Wildman–Crippen MR) is 77.8 cm³/mol. The van der Waals surface area contributed by atoms with Gasteiger partial charge in [-0.3, -0.25) is 0 Å². The molecule has 2 amide bonds. The van der Waals surface area contributed by atoms with E-state index in [0.29, 0.717) is 18.7 Å². The smallest absolute Gasteiger partial charge is 0.337 e. The van der Waals surface area contributed by atoms with E-state index in [-0.39, 0.29) is 10.6 Å². The molecule has 0 saturated carbocycles. The Balaban J connectivity index is 1.87. The van der Waals surface area contributed by atoms with Crippen LogP contribution in [0, 0.1) is 0 Å². The zero-order chi connectivity index (χ0) is 15.2. The highest BCUT2D eigenvalue weighted by Crippen LogP contribution is 2.20. The van der Waals surface area contributed by atoms with E-state index in [1.165, 1.54) is 18.2 Å². The maximum absolute atomic E-state index is 11.7. The number of carbonyl (C=O) groups is 2. The highest BCUT2D eigenvalue weighted by atomic mass is 35.5. The summed E-state index contributed by atoms with van der Waals surface area (Å²) >= 11 is 5.75. The lowest BCUT2D eigenvalue weighted by Gasteiger charge is -2.08. The van der Waals surface area contributed by atoms with E-state index in [1.807, 2.05) is 6.07 Å². The number of halogens is 1. The summed E-state index contributed by atoms with van der Waals surface area (Å²) < 4.78 is 5.14. The molecule has 110 valence electrons. The molecule has 0 radical (unpaired) electrons. The number of rotatable bonds is 5. The molecule has 0 aliphatic heterocycles. The summed E-state index contributed by atoms with van der Waals surface area (Å²) in [6.45, 7) is 0.402. The summed E-state index contributed by atoms with van der Waals surface area (Å²) in [5.41, 5.74) is 0.289. The third kappa shape index (κ3) is 4.25. The first-order valence-corrected chi connectivity index (χ1v) is 6.54. The van der Waals surface area contributed by atoms with Crippen molar-refractivity contribution < 1.29 is 19.1 Å². The van der Waals surface area contributed by atoms with Gasteiger partial charge in [0.15, 0.2) is 0 Å². The molecule has 6 nitrogen and oxygen atoms in total. The number of carbonyl (C=O) groups excluding carboxylic acids is 1. The lowest BCUT2D eigenvalue weighted by atomic mass is 10.2. The monoisotopic (exact) mass is 308 g/mol. The van der Waals surface area contributed by atoms with Crippen molar-refractivity contribution in [2.24, 2.45) is 0 Å². The normalized spacial score (nSPS) is 10.1. The molecule has 0 aliphatic rings. The number of amides is 2. The van der Waals surface area contributed by atoms with Gasteiger partial charge >= 0.3 is 12.0 Å². The van der Waals surface area contributed by atoms with Crippen molar-refractivity contribution in [3.63, 3.8) is 0 Å². The number of furan rings is 1. The van der Waals surface area contributed by atoms with Gasteiger partial charge in [0.1, 0.15) is 5.76 Å². The van der Waals surface area contributed by atoms with Crippen LogP contribution in [0.25, 0.3) is 0 Å². The minimum Gasteiger partial charge on any atom is -0.478 e. The number of nitrogens with one attached hydrogen (secondary N) is 2. The van der Waals surface area contributed by atoms with Gasteiger partial charge in [-0.1, -0.05) is 11.6 Å². The summed E-state index contributed by atoms with van der Waals surface area (Å²) in [7, 11) is 0. The lowest BCUT2D eigenvalue weighted by Crippen LogP contribution is -2.30. The second-order valence-electron chi connectivity index (χ2n) is 4.21. The minimum atomic E-state index is -1.15. The first kappa shape index (κ1) is 14.9. The number of anilines is 1. The van der Waals surface area contributed by atoms with Crippen LogP contribution in [0.15, 0.2) is 41.0 Å². The Hall–Kier alpha value is -2.47. The van der Waals surface area contributed by atoms with Gasteiger partial charge in [0.2, 0.25) is 0 Å². The van der Waals surface area contributed by atoms with Gasteiger partial charge in [0, 0.05) is 18.7 Å². The average molecular weight is 309 g/mol. The second kappa shape index (κ2) is 6.81. The zero-order valence-corrected chi connectivity index (χ0v) is 11.7. The summed E-state index contributed by atoms with van der Waals surface area (Å²) in [5, 5.41) is 14.2. The molecule has 0 fully saturated rings. The minimum absolute atomic E-state index is 0.0648. The van der Waals surface area contributed by atoms with Crippen molar-refractivity contribution in [3.05, 3.63) is 52.9 Å². The van der Waals surface area contributed by atoms with E-state index >= 15 is 0 Å². The number of hydrogen-bond donors (Lipinski definition) is 3. The first-order valence-electron chi connectivity index (χ1n) is 6.16. The third-order valence-corrected chi connectivity index (χ3v) is 3.02. The fourth-order valence-corrected chi connectivity index (χ4v) is 1.89. The van der Waals surface area contributed by atoms with Crippen LogP contribution < -0.4 is 10.6 Å². The summed E-state index contributed by atoms with van der Waals surface area (Å²) in [4.78, 5) is 22.6. The second-order valence-corrected chi connectivity index (χ2v) is 4.62. The van der Waals surface area contributed by atoms with Gasteiger partial charge in [0.25, 0.3) is 0 Å². The largest absolute Gasteiger partial charge is 0.478 e. The molecule has 1 heterocycles. The maximum Gasteiger partial charge on any atom is 0.337 e. The molecule has 2 rings (SSSR count). The molecule has 1 aromatic heterocycles. The Labute approximate surface area is 125 Å². The van der Waals surface area contributed by atoms with Crippen LogP contribution in [0.5, 0.6) is 0 Å². The Morgan fingerprint density at radius 3 is 2.76 bits per heavy atom. The number of carboxylic acid groups (broad SMARTS) is 1. The number of hydrogen-bond acceptors (Lipinski definition) is 3. The summed E-state index contributed by atoms with van der Waals surface area (Å²) in [6, 6.07) is 7.41. The van der Waals surface area contributed by atoms with Crippen molar-refractivity contribution in [2.45, 2.75) is 6.42 Å². The van der Waals surface area contributed by atoms with Crippen LogP contribution in [-0.2, 0) is 6.42 Å². The Kier molecular flexibility index (Phi) is 4.84. The number of aromatic carboxylic acids is 1. The van der Waals surface area contributed by atoms with E-state index < -0.39 is 12.0 Å². The molecular weight excluding hydrogens is 296 g/mol. The topological polar surface area (TPSA) is 91.6 Å². The molecule has 2 aromatic rings. The quantitative estimate of drug-likeness (QED) is 0.791. The molecular formula is C14H13ClN2O4. The molecule has 0 spiro atoms. The van der Waals surface area contributed by atoms with E-state index in [0.717, 1.165) is 5.76 Å². The van der Waals surface area contributed by atoms with Crippen LogP contribution in [0.3, 0.4) is 0 Å². The Morgan fingerprint density at radius 2 is 2.10 bits per heavy atom. The van der Waals surface area contributed by atoms with Gasteiger partial charge in [0.05, 0.1) is 16.8 Å². The summed E-state index contributed by atoms with van der Waals surface area (Å²) in [6.07, 6.45) is 2.14. The molecule has 7 heteroatoms. The fraction of sp³-hybridized carbons (Fsp3) is 0.143. The number of benzene rings is 1. The van der Waals surface area contributed by atoms with Crippen LogP contribution >= 0.6 is 11.6 Å². The standard InChI is InChI=1S/C14H13ClN2O4/c15-12-4-3-9(8-11(12)13(18)19)17-14(20)16-6-5-10-2-1-7-21-10/h1-4,7-8H,5-6H2,(H,18,19)(H2,16,17,20). The van der Waals surface area contributed by atoms with Crippen LogP contribution in [-0.4, -0.2) is 23.7 Å². The SMILES string of the molecule is O=C(NCCc1ccco1)Nc1ccc(Cl)c(C(=O)O)c1. The van der Waals surface area contributed by atoms with Crippen molar-refractivity contribution in [2.75, 3.05) is 11.9 Å². The number of urea groups is 1. The van der Waals surface area contributed by atoms with Crippen molar-refractivity contribution in [1.82, 2.24) is 5.32 Å². The van der Waals surface area contributed by atoms with E-state index in [9.17, 15) is 9.59 Å². The Bertz CT molecular complexity index is 640. The predicted octanol–water partition coefficient (Wildman–Crippen LogP) is 3.00. The highest BCUT2D eigenvalue weighted by Gasteiger charge is 2.10. The first-order chi connectivity index (χ1) is 10.1. The molecule has 0 saturated heterocycles. The average Bonchev–Trinajstić information content (AvgIpc) is 2.94. The maximum atomic E-state index is 11.7. The van der Waals surface area contributed by atoms with Gasteiger partial charge in [-0.05, 0) is 30.3 Å². The van der Waals surface area contributed by atoms with Crippen molar-refractivity contribution in [1.29, 1.82) is 0 Å². The Morgan fingerprint density at radius 1 is 1.29 bits per heavy atom. The van der Waals surface area contributed by atoms with Crippen LogP contribution in [0.2, 0.25) is 5.02 Å². The molecule has 0 aliphatic carbocycles. The van der Waals surface area contributed by atoms with E-state index in [4.69, 9.17) is 21.1 Å². The van der Waals surface area contributed by atoms with Gasteiger partial charge in [-0.2, -0.15) is 0 Å². The van der Waals surface area contributed by atoms with E-state index in [1.54, 1.807) is 12.3 Å². The van der Waals surface area contributed by atoms with Crippen LogP contribution in [0.4, 0.5) is 10.5 Å². The van der Waals surface area contributed by atoms with Crippen LogP contribution in [0.1, 0.15) is 16.1 Å². The molecule has 0 unspecified atom stereocenters. The molecule has 0 atom stereocenters. The molecule has 21 heavy (non-hydrogen) atoms. The lowest BCUT2D eigenvalue weighted by molar-refractivity contribution is 0.0697. The number of carboxylic acids is 1. The third-order valence-electron chi connectivity index (χ3n) is 2.69. The highest BCUT2D eigenvalue weighted by molar-refractivity contribution is 6.33. The van der Waals surface area contributed by atoms with Gasteiger partial charge in [-0.15, -0.1) is 0 Å². The van der Waals surface area contributed by atoms with Gasteiger partial charge in [-0.25, -0.2) is 9.59 Å². The van der Waals surface area contributed by atoms with Gasteiger partial charge < -0.3 is 20.2 Å².